The highest BCUT2D eigenvalue weighted by molar-refractivity contribution is 9.10. The van der Waals surface area contributed by atoms with Crippen LogP contribution in [0.4, 0.5) is 5.69 Å². The van der Waals surface area contributed by atoms with Gasteiger partial charge in [0.25, 0.3) is 5.91 Å². The summed E-state index contributed by atoms with van der Waals surface area (Å²) in [6.45, 7) is 4.72. The summed E-state index contributed by atoms with van der Waals surface area (Å²) in [5.74, 6) is 0.553. The van der Waals surface area contributed by atoms with Crippen molar-refractivity contribution in [2.75, 3.05) is 11.9 Å². The van der Waals surface area contributed by atoms with Gasteiger partial charge in [0, 0.05) is 10.7 Å². The van der Waals surface area contributed by atoms with E-state index in [2.05, 4.69) is 21.2 Å². The number of aryl methyl sites for hydroxylation is 1. The van der Waals surface area contributed by atoms with Gasteiger partial charge in [-0.25, -0.2) is 0 Å². The molecule has 0 spiro atoms. The number of nitriles is 1. The minimum Gasteiger partial charge on any atom is -0.490 e. The fourth-order valence-electron chi connectivity index (χ4n) is 3.04. The average Bonchev–Trinajstić information content (AvgIpc) is 2.79. The number of benzene rings is 3. The van der Waals surface area contributed by atoms with E-state index in [1.165, 1.54) is 6.08 Å². The number of anilines is 1. The number of carbonyl (C=O) groups excluding carboxylic acids is 1. The number of carbonyl (C=O) groups is 1. The van der Waals surface area contributed by atoms with Crippen LogP contribution >= 0.6 is 27.5 Å². The van der Waals surface area contributed by atoms with Crippen LogP contribution in [0.3, 0.4) is 0 Å². The van der Waals surface area contributed by atoms with Gasteiger partial charge in [-0.2, -0.15) is 5.26 Å². The van der Waals surface area contributed by atoms with Gasteiger partial charge < -0.3 is 14.8 Å². The first-order chi connectivity index (χ1) is 15.9. The normalized spacial score (nSPS) is 10.9. The zero-order valence-corrected chi connectivity index (χ0v) is 20.5. The van der Waals surface area contributed by atoms with Crippen LogP contribution < -0.4 is 14.8 Å². The maximum Gasteiger partial charge on any atom is 0.266 e. The number of hydrogen-bond acceptors (Lipinski definition) is 4. The zero-order chi connectivity index (χ0) is 23.8. The van der Waals surface area contributed by atoms with Crippen LogP contribution in [0.25, 0.3) is 6.08 Å². The van der Waals surface area contributed by atoms with E-state index in [0.29, 0.717) is 45.5 Å². The largest absolute Gasteiger partial charge is 0.490 e. The Balaban J connectivity index is 1.85. The third-order valence-electron chi connectivity index (χ3n) is 4.74. The summed E-state index contributed by atoms with van der Waals surface area (Å²) in [6.07, 6.45) is 1.50. The molecule has 0 aromatic heterocycles. The molecule has 0 bridgehead atoms. The van der Waals surface area contributed by atoms with Crippen molar-refractivity contribution in [2.24, 2.45) is 0 Å². The second-order valence-corrected chi connectivity index (χ2v) is 8.40. The summed E-state index contributed by atoms with van der Waals surface area (Å²) in [5.41, 5.74) is 3.32. The average molecular weight is 526 g/mol. The lowest BCUT2D eigenvalue weighted by Crippen LogP contribution is -2.13. The number of nitrogens with zero attached hydrogens (tertiary/aromatic N) is 1. The van der Waals surface area contributed by atoms with Crippen molar-refractivity contribution >= 4 is 45.2 Å². The molecule has 7 heteroatoms. The summed E-state index contributed by atoms with van der Waals surface area (Å²) in [5, 5.41) is 12.8. The van der Waals surface area contributed by atoms with Gasteiger partial charge in [0.1, 0.15) is 18.2 Å². The fraction of sp³-hybridized carbons (Fsp3) is 0.154. The van der Waals surface area contributed by atoms with Gasteiger partial charge in [0.15, 0.2) is 11.5 Å². The van der Waals surface area contributed by atoms with Crippen molar-refractivity contribution in [2.45, 2.75) is 20.5 Å². The first-order valence-corrected chi connectivity index (χ1v) is 11.4. The first-order valence-electron chi connectivity index (χ1n) is 10.2. The Morgan fingerprint density at radius 2 is 1.88 bits per heavy atom. The Morgan fingerprint density at radius 1 is 1.15 bits per heavy atom. The van der Waals surface area contributed by atoms with Crippen LogP contribution in [0.15, 0.2) is 70.7 Å². The highest BCUT2D eigenvalue weighted by Crippen LogP contribution is 2.38. The maximum absolute atomic E-state index is 12.6. The predicted octanol–water partition coefficient (Wildman–Crippen LogP) is 6.93. The molecule has 0 aliphatic rings. The third-order valence-corrected chi connectivity index (χ3v) is 5.58. The number of amides is 1. The molecule has 0 fully saturated rings. The molecule has 3 aromatic carbocycles. The molecule has 1 N–H and O–H groups in total. The lowest BCUT2D eigenvalue weighted by atomic mass is 10.1. The molecule has 0 saturated heterocycles. The quantitative estimate of drug-likeness (QED) is 0.256. The molecule has 1 amide bonds. The SMILES string of the molecule is CCOc1cc(/C=C(\C#N)C(=O)Nc2ccc(Cl)cc2)cc(Br)c1OCc1ccccc1C. The van der Waals surface area contributed by atoms with E-state index in [4.69, 9.17) is 21.1 Å². The second kappa shape index (κ2) is 11.6. The summed E-state index contributed by atoms with van der Waals surface area (Å²) >= 11 is 9.41. The molecule has 168 valence electrons. The first kappa shape index (κ1) is 24.4. The summed E-state index contributed by atoms with van der Waals surface area (Å²) in [4.78, 5) is 12.6. The van der Waals surface area contributed by atoms with E-state index in [9.17, 15) is 10.1 Å². The second-order valence-electron chi connectivity index (χ2n) is 7.11. The number of ether oxygens (including phenoxy) is 2. The van der Waals surface area contributed by atoms with E-state index in [1.807, 2.05) is 44.2 Å². The van der Waals surface area contributed by atoms with Crippen molar-refractivity contribution < 1.29 is 14.3 Å². The van der Waals surface area contributed by atoms with Crippen LogP contribution in [-0.4, -0.2) is 12.5 Å². The van der Waals surface area contributed by atoms with Gasteiger partial charge in [-0.3, -0.25) is 4.79 Å². The van der Waals surface area contributed by atoms with Crippen LogP contribution in [0, 0.1) is 18.3 Å². The maximum atomic E-state index is 12.6. The van der Waals surface area contributed by atoms with Crippen molar-refractivity contribution in [3.63, 3.8) is 0 Å². The molecule has 0 aliphatic carbocycles. The van der Waals surface area contributed by atoms with Crippen LogP contribution in [0.2, 0.25) is 5.02 Å². The summed E-state index contributed by atoms with van der Waals surface area (Å²) < 4.78 is 12.5. The number of rotatable bonds is 8. The molecular formula is C26H22BrClN2O3. The van der Waals surface area contributed by atoms with Gasteiger partial charge in [-0.15, -0.1) is 0 Å². The van der Waals surface area contributed by atoms with Gasteiger partial charge in [0.05, 0.1) is 11.1 Å². The monoisotopic (exact) mass is 524 g/mol. The lowest BCUT2D eigenvalue weighted by molar-refractivity contribution is -0.112. The van der Waals surface area contributed by atoms with E-state index in [1.54, 1.807) is 36.4 Å². The van der Waals surface area contributed by atoms with E-state index in [-0.39, 0.29) is 5.57 Å². The molecule has 33 heavy (non-hydrogen) atoms. The highest BCUT2D eigenvalue weighted by atomic mass is 79.9. The Hall–Kier alpha value is -3.27. The van der Waals surface area contributed by atoms with Gasteiger partial charge in [0.2, 0.25) is 0 Å². The van der Waals surface area contributed by atoms with Crippen molar-refractivity contribution in [1.82, 2.24) is 0 Å². The van der Waals surface area contributed by atoms with Crippen molar-refractivity contribution in [3.8, 4) is 17.6 Å². The summed E-state index contributed by atoms with van der Waals surface area (Å²) in [7, 11) is 0. The number of nitrogens with one attached hydrogen (secondary N) is 1. The third kappa shape index (κ3) is 6.61. The van der Waals surface area contributed by atoms with E-state index >= 15 is 0 Å². The standard InChI is InChI=1S/C26H22BrClN2O3/c1-3-32-24-14-18(12-20(15-29)26(31)30-22-10-8-21(28)9-11-22)13-23(27)25(24)33-16-19-7-5-4-6-17(19)2/h4-14H,3,16H2,1-2H3,(H,30,31)/b20-12+. The topological polar surface area (TPSA) is 71.3 Å². The predicted molar refractivity (Wildman–Crippen MR) is 134 cm³/mol. The molecule has 0 saturated carbocycles. The Kier molecular flexibility index (Phi) is 8.53. The summed E-state index contributed by atoms with van der Waals surface area (Å²) in [6, 6.07) is 20.1. The minimum atomic E-state index is -0.520. The minimum absolute atomic E-state index is 0.0483. The Bertz CT molecular complexity index is 1220. The van der Waals surface area contributed by atoms with E-state index < -0.39 is 5.91 Å². The van der Waals surface area contributed by atoms with Crippen LogP contribution in [-0.2, 0) is 11.4 Å². The molecule has 0 atom stereocenters. The molecule has 3 aromatic rings. The van der Waals surface area contributed by atoms with Crippen molar-refractivity contribution in [3.05, 3.63) is 92.4 Å². The number of hydrogen-bond donors (Lipinski definition) is 1. The number of halogens is 2. The molecule has 5 nitrogen and oxygen atoms in total. The fourth-order valence-corrected chi connectivity index (χ4v) is 3.74. The highest BCUT2D eigenvalue weighted by Gasteiger charge is 2.15. The van der Waals surface area contributed by atoms with Crippen molar-refractivity contribution in [1.29, 1.82) is 5.26 Å². The molecular weight excluding hydrogens is 504 g/mol. The van der Waals surface area contributed by atoms with Crippen LogP contribution in [0.5, 0.6) is 11.5 Å². The van der Waals surface area contributed by atoms with Gasteiger partial charge in [-0.05, 0) is 88.9 Å². The van der Waals surface area contributed by atoms with Crippen LogP contribution in [0.1, 0.15) is 23.6 Å². The molecule has 3 rings (SSSR count). The Morgan fingerprint density at radius 3 is 2.55 bits per heavy atom. The molecule has 0 heterocycles. The molecule has 0 unspecified atom stereocenters. The van der Waals surface area contributed by atoms with E-state index in [0.717, 1.165) is 11.1 Å². The Labute approximate surface area is 206 Å². The van der Waals surface area contributed by atoms with Gasteiger partial charge in [-0.1, -0.05) is 35.9 Å². The molecule has 0 radical (unpaired) electrons. The zero-order valence-electron chi connectivity index (χ0n) is 18.2. The smallest absolute Gasteiger partial charge is 0.266 e. The molecule has 0 aliphatic heterocycles. The van der Waals surface area contributed by atoms with Gasteiger partial charge >= 0.3 is 0 Å². The lowest BCUT2D eigenvalue weighted by Gasteiger charge is -2.15.